The van der Waals surface area contributed by atoms with Crippen LogP contribution >= 0.6 is 11.3 Å². The number of hydrogen-bond donors (Lipinski definition) is 0. The molecular formula is C44H25N3S. The van der Waals surface area contributed by atoms with Crippen molar-refractivity contribution in [1.29, 1.82) is 0 Å². The zero-order valence-electron chi connectivity index (χ0n) is 25.7. The van der Waals surface area contributed by atoms with Crippen LogP contribution in [-0.2, 0) is 0 Å². The lowest BCUT2D eigenvalue weighted by Gasteiger charge is -2.16. The molecular weight excluding hydrogens is 603 g/mol. The summed E-state index contributed by atoms with van der Waals surface area (Å²) >= 11 is 1.83. The van der Waals surface area contributed by atoms with Crippen LogP contribution in [0.5, 0.6) is 0 Å². The molecule has 4 heteroatoms. The van der Waals surface area contributed by atoms with Crippen molar-refractivity contribution in [2.45, 2.75) is 0 Å². The zero-order valence-corrected chi connectivity index (χ0v) is 26.5. The Morgan fingerprint density at radius 2 is 0.979 bits per heavy atom. The van der Waals surface area contributed by atoms with Gasteiger partial charge in [-0.2, -0.15) is 0 Å². The molecule has 0 fully saturated rings. The van der Waals surface area contributed by atoms with Gasteiger partial charge in [-0.3, -0.25) is 4.40 Å². The number of para-hydroxylation sites is 4. The smallest absolute Gasteiger partial charge is 0.108 e. The summed E-state index contributed by atoms with van der Waals surface area (Å²) in [6.07, 6.45) is 0. The van der Waals surface area contributed by atoms with Crippen molar-refractivity contribution in [3.8, 4) is 11.4 Å². The van der Waals surface area contributed by atoms with Gasteiger partial charge in [0.2, 0.25) is 0 Å². The quantitative estimate of drug-likeness (QED) is 0.181. The fraction of sp³-hybridized carbons (Fsp3) is 0. The maximum absolute atomic E-state index is 2.58. The molecule has 48 heavy (non-hydrogen) atoms. The van der Waals surface area contributed by atoms with Crippen molar-refractivity contribution < 1.29 is 0 Å². The standard InChI is InChI=1S/C44H25N3S/c1-5-16-36-28(11-1)29-12-2-6-17-37(29)45(36)27-24-35-33-21-20-26-10-9-15-32-34-22-23-48-44(34)47(43(33)41(26)32)42(35)40(25-27)46-38-18-7-3-13-30(38)31-14-4-8-19-39(31)46/h1-25H. The van der Waals surface area contributed by atoms with Gasteiger partial charge >= 0.3 is 0 Å². The summed E-state index contributed by atoms with van der Waals surface area (Å²) in [6.45, 7) is 0. The van der Waals surface area contributed by atoms with E-state index in [1.807, 2.05) is 11.3 Å². The number of aromatic nitrogens is 3. The van der Waals surface area contributed by atoms with Crippen molar-refractivity contribution >= 4 is 103 Å². The summed E-state index contributed by atoms with van der Waals surface area (Å²) in [5.74, 6) is 0. The highest BCUT2D eigenvalue weighted by atomic mass is 32.1. The van der Waals surface area contributed by atoms with Crippen molar-refractivity contribution in [2.24, 2.45) is 0 Å². The van der Waals surface area contributed by atoms with Crippen molar-refractivity contribution in [3.05, 3.63) is 151 Å². The van der Waals surface area contributed by atoms with Crippen LogP contribution in [0.2, 0.25) is 0 Å². The highest BCUT2D eigenvalue weighted by Crippen LogP contribution is 2.46. The lowest BCUT2D eigenvalue weighted by Crippen LogP contribution is -2.01. The number of fused-ring (bicyclic) bond motifs is 12. The minimum atomic E-state index is 1.16. The lowest BCUT2D eigenvalue weighted by atomic mass is 10.0. The predicted molar refractivity (Wildman–Crippen MR) is 205 cm³/mol. The molecule has 0 bridgehead atoms. The molecule has 12 aromatic rings. The summed E-state index contributed by atoms with van der Waals surface area (Å²) in [7, 11) is 0. The number of nitrogens with zero attached hydrogens (tertiary/aromatic N) is 3. The molecule has 5 aromatic heterocycles. The van der Waals surface area contributed by atoms with Gasteiger partial charge in [-0.05, 0) is 58.6 Å². The summed E-state index contributed by atoms with van der Waals surface area (Å²) in [5.41, 5.74) is 9.75. The minimum absolute atomic E-state index is 1.16. The summed E-state index contributed by atoms with van der Waals surface area (Å²) in [4.78, 5) is 1.29. The monoisotopic (exact) mass is 627 g/mol. The van der Waals surface area contributed by atoms with Crippen molar-refractivity contribution in [2.75, 3.05) is 0 Å². The summed E-state index contributed by atoms with van der Waals surface area (Å²) < 4.78 is 7.56. The Balaban J connectivity index is 1.38. The molecule has 7 aromatic carbocycles. The van der Waals surface area contributed by atoms with Crippen LogP contribution in [0.1, 0.15) is 0 Å². The van der Waals surface area contributed by atoms with Gasteiger partial charge in [-0.25, -0.2) is 0 Å². The second-order valence-corrected chi connectivity index (χ2v) is 13.8. The van der Waals surface area contributed by atoms with Gasteiger partial charge in [0.25, 0.3) is 0 Å². The molecule has 222 valence electrons. The van der Waals surface area contributed by atoms with E-state index in [9.17, 15) is 0 Å². The van der Waals surface area contributed by atoms with Crippen molar-refractivity contribution in [1.82, 2.24) is 13.5 Å². The second kappa shape index (κ2) is 8.82. The average Bonchev–Trinajstić information content (AvgIpc) is 3.91. The lowest BCUT2D eigenvalue weighted by molar-refractivity contribution is 1.14. The van der Waals surface area contributed by atoms with Gasteiger partial charge in [-0.1, -0.05) is 103 Å². The molecule has 0 radical (unpaired) electrons. The molecule has 0 aliphatic heterocycles. The molecule has 0 amide bonds. The highest BCUT2D eigenvalue weighted by molar-refractivity contribution is 7.17. The minimum Gasteiger partial charge on any atom is -0.309 e. The molecule has 0 atom stereocenters. The molecule has 0 saturated heterocycles. The molecule has 0 saturated carbocycles. The van der Waals surface area contributed by atoms with E-state index < -0.39 is 0 Å². The predicted octanol–water partition coefficient (Wildman–Crippen LogP) is 12.2. The van der Waals surface area contributed by atoms with Crippen LogP contribution < -0.4 is 0 Å². The first-order chi connectivity index (χ1) is 23.8. The Morgan fingerprint density at radius 1 is 0.396 bits per heavy atom. The van der Waals surface area contributed by atoms with E-state index in [1.54, 1.807) is 0 Å². The van der Waals surface area contributed by atoms with E-state index in [2.05, 4.69) is 165 Å². The zero-order chi connectivity index (χ0) is 31.1. The Hall–Kier alpha value is -6.10. The fourth-order valence-electron chi connectivity index (χ4n) is 8.76. The van der Waals surface area contributed by atoms with Gasteiger partial charge in [0.15, 0.2) is 0 Å². The van der Waals surface area contributed by atoms with Crippen LogP contribution in [0.25, 0.3) is 103 Å². The summed E-state index contributed by atoms with van der Waals surface area (Å²) in [6, 6.07) is 54.0. The molecule has 0 aliphatic rings. The molecule has 12 rings (SSSR count). The third kappa shape index (κ3) is 2.96. The van der Waals surface area contributed by atoms with E-state index in [4.69, 9.17) is 0 Å². The Morgan fingerprint density at radius 3 is 1.62 bits per heavy atom. The van der Waals surface area contributed by atoms with E-state index >= 15 is 0 Å². The normalized spacial score (nSPS) is 12.6. The average molecular weight is 628 g/mol. The molecule has 5 heterocycles. The first-order valence-corrected chi connectivity index (χ1v) is 17.3. The van der Waals surface area contributed by atoms with Crippen LogP contribution in [0, 0.1) is 0 Å². The third-order valence-corrected chi connectivity index (χ3v) is 11.5. The third-order valence-electron chi connectivity index (χ3n) is 10.6. The van der Waals surface area contributed by atoms with Crippen LogP contribution in [0.4, 0.5) is 0 Å². The fourth-order valence-corrected chi connectivity index (χ4v) is 9.68. The SMILES string of the molecule is c1cc2ccc3c4cc(-n5c6ccccc6c6ccccc65)cc(-n5c6ccccc6c6ccccc65)c4n4c5sccc5c(c1)c2c34. The van der Waals surface area contributed by atoms with Crippen LogP contribution in [0.3, 0.4) is 0 Å². The first kappa shape index (κ1) is 25.0. The maximum Gasteiger partial charge on any atom is 0.108 e. The molecule has 0 N–H and O–H groups in total. The number of benzene rings is 7. The van der Waals surface area contributed by atoms with E-state index in [0.717, 1.165) is 5.69 Å². The Kier molecular flexibility index (Phi) is 4.60. The highest BCUT2D eigenvalue weighted by Gasteiger charge is 2.24. The maximum atomic E-state index is 2.58. The van der Waals surface area contributed by atoms with Crippen molar-refractivity contribution in [3.63, 3.8) is 0 Å². The van der Waals surface area contributed by atoms with Gasteiger partial charge in [0, 0.05) is 48.8 Å². The molecule has 3 nitrogen and oxygen atoms in total. The van der Waals surface area contributed by atoms with Gasteiger partial charge in [0.1, 0.15) is 4.83 Å². The van der Waals surface area contributed by atoms with Crippen LogP contribution in [0.15, 0.2) is 151 Å². The first-order valence-electron chi connectivity index (χ1n) is 16.4. The van der Waals surface area contributed by atoms with Gasteiger partial charge in [-0.15, -0.1) is 11.3 Å². The van der Waals surface area contributed by atoms with E-state index in [-0.39, 0.29) is 0 Å². The molecule has 0 aliphatic carbocycles. The summed E-state index contributed by atoms with van der Waals surface area (Å²) in [5, 5.41) is 15.1. The van der Waals surface area contributed by atoms with Crippen LogP contribution in [-0.4, -0.2) is 13.5 Å². The Bertz CT molecular complexity index is 3190. The van der Waals surface area contributed by atoms with E-state index in [0.29, 0.717) is 0 Å². The number of rotatable bonds is 2. The second-order valence-electron chi connectivity index (χ2n) is 12.9. The number of hydrogen-bond acceptors (Lipinski definition) is 1. The van der Waals surface area contributed by atoms with Gasteiger partial charge < -0.3 is 9.13 Å². The molecule has 0 spiro atoms. The topological polar surface area (TPSA) is 14.3 Å². The Labute approximate surface area is 278 Å². The number of pyridine rings is 1. The number of thiophene rings is 1. The van der Waals surface area contributed by atoms with E-state index in [1.165, 1.54) is 97.5 Å². The largest absolute Gasteiger partial charge is 0.309 e. The van der Waals surface area contributed by atoms with Gasteiger partial charge in [0.05, 0.1) is 38.8 Å². The molecule has 0 unspecified atom stereocenters.